The molecule has 0 aliphatic carbocycles. The van der Waals surface area contributed by atoms with Gasteiger partial charge in [0.2, 0.25) is 0 Å². The zero-order valence-electron chi connectivity index (χ0n) is 10.2. The number of ketones is 1. The highest BCUT2D eigenvalue weighted by atomic mass is 16.3. The lowest BCUT2D eigenvalue weighted by Gasteiger charge is -2.06. The number of hydrogen-bond donors (Lipinski definition) is 0. The van der Waals surface area contributed by atoms with E-state index in [1.807, 2.05) is 6.07 Å². The molecular formula is C14H12N2O2. The van der Waals surface area contributed by atoms with Gasteiger partial charge in [0.05, 0.1) is 11.6 Å². The molecule has 0 spiro atoms. The van der Waals surface area contributed by atoms with Gasteiger partial charge in [-0.1, -0.05) is 6.07 Å². The number of aryl methyl sites for hydroxylation is 2. The Bertz CT molecular complexity index is 608. The van der Waals surface area contributed by atoms with Crippen molar-refractivity contribution >= 4 is 5.78 Å². The van der Waals surface area contributed by atoms with Crippen LogP contribution in [-0.4, -0.2) is 10.8 Å². The maximum absolute atomic E-state index is 12.3. The van der Waals surface area contributed by atoms with E-state index in [2.05, 4.69) is 4.98 Å². The normalized spacial score (nSPS) is 11.8. The zero-order chi connectivity index (χ0) is 13.1. The van der Waals surface area contributed by atoms with Gasteiger partial charge in [-0.05, 0) is 31.5 Å². The Morgan fingerprint density at radius 2 is 2.28 bits per heavy atom. The molecule has 0 radical (unpaired) electrons. The highest BCUT2D eigenvalue weighted by Gasteiger charge is 2.25. The molecule has 0 amide bonds. The largest absolute Gasteiger partial charge is 0.466 e. The fourth-order valence-electron chi connectivity index (χ4n) is 1.86. The van der Waals surface area contributed by atoms with Crippen LogP contribution in [0.3, 0.4) is 0 Å². The van der Waals surface area contributed by atoms with Crippen molar-refractivity contribution in [1.82, 2.24) is 4.98 Å². The van der Waals surface area contributed by atoms with Gasteiger partial charge in [-0.2, -0.15) is 5.26 Å². The number of hydrogen-bond acceptors (Lipinski definition) is 4. The Labute approximate surface area is 105 Å². The molecule has 0 saturated carbocycles. The van der Waals surface area contributed by atoms with Crippen molar-refractivity contribution in [3.63, 3.8) is 0 Å². The van der Waals surface area contributed by atoms with Gasteiger partial charge in [0.15, 0.2) is 5.78 Å². The van der Waals surface area contributed by atoms with E-state index in [0.29, 0.717) is 22.6 Å². The van der Waals surface area contributed by atoms with Crippen LogP contribution in [0.15, 0.2) is 35.0 Å². The summed E-state index contributed by atoms with van der Waals surface area (Å²) in [5.74, 6) is 0.120. The first-order chi connectivity index (χ1) is 8.63. The predicted octanol–water partition coefficient (Wildman–Crippen LogP) is 2.78. The monoisotopic (exact) mass is 240 g/mol. The molecule has 2 heterocycles. The number of aromatic nitrogens is 1. The number of carbonyl (C=O) groups is 1. The molecule has 0 fully saturated rings. The molecule has 2 aromatic heterocycles. The molecule has 0 aromatic carbocycles. The molecule has 90 valence electrons. The smallest absolute Gasteiger partial charge is 0.188 e. The Balaban J connectivity index is 2.39. The first-order valence-corrected chi connectivity index (χ1v) is 5.54. The Morgan fingerprint density at radius 3 is 2.78 bits per heavy atom. The third-order valence-electron chi connectivity index (χ3n) is 2.72. The second kappa shape index (κ2) is 4.84. The molecule has 1 unspecified atom stereocenters. The highest BCUT2D eigenvalue weighted by molar-refractivity contribution is 6.03. The van der Waals surface area contributed by atoms with Crippen molar-refractivity contribution in [3.8, 4) is 6.07 Å². The molecule has 4 heteroatoms. The van der Waals surface area contributed by atoms with Crippen LogP contribution in [0, 0.1) is 25.2 Å². The summed E-state index contributed by atoms with van der Waals surface area (Å²) >= 11 is 0. The lowest BCUT2D eigenvalue weighted by Crippen LogP contribution is -2.11. The second-order valence-corrected chi connectivity index (χ2v) is 4.04. The van der Waals surface area contributed by atoms with E-state index in [0.717, 1.165) is 0 Å². The van der Waals surface area contributed by atoms with E-state index in [1.165, 1.54) is 6.20 Å². The van der Waals surface area contributed by atoms with Gasteiger partial charge in [-0.3, -0.25) is 9.78 Å². The minimum Gasteiger partial charge on any atom is -0.466 e. The van der Waals surface area contributed by atoms with Crippen molar-refractivity contribution in [1.29, 1.82) is 5.26 Å². The van der Waals surface area contributed by atoms with E-state index < -0.39 is 5.92 Å². The van der Waals surface area contributed by atoms with Crippen LogP contribution in [0.4, 0.5) is 0 Å². The highest BCUT2D eigenvalue weighted by Crippen LogP contribution is 2.23. The fourth-order valence-corrected chi connectivity index (χ4v) is 1.86. The third kappa shape index (κ3) is 2.16. The minimum atomic E-state index is -0.839. The summed E-state index contributed by atoms with van der Waals surface area (Å²) in [6, 6.07) is 7.12. The van der Waals surface area contributed by atoms with Gasteiger partial charge in [0.25, 0.3) is 0 Å². The van der Waals surface area contributed by atoms with Gasteiger partial charge in [-0.15, -0.1) is 0 Å². The summed E-state index contributed by atoms with van der Waals surface area (Å²) in [6.07, 6.45) is 3.14. The molecule has 1 atom stereocenters. The summed E-state index contributed by atoms with van der Waals surface area (Å²) in [7, 11) is 0. The predicted molar refractivity (Wildman–Crippen MR) is 65.1 cm³/mol. The maximum Gasteiger partial charge on any atom is 0.188 e. The SMILES string of the molecule is Cc1cc(C(=O)C(C#N)c2cccnc2)c(C)o1. The van der Waals surface area contributed by atoms with Crippen molar-refractivity contribution in [2.24, 2.45) is 0 Å². The van der Waals surface area contributed by atoms with Crippen LogP contribution in [0.2, 0.25) is 0 Å². The zero-order valence-corrected chi connectivity index (χ0v) is 10.2. The number of furan rings is 1. The molecular weight excluding hydrogens is 228 g/mol. The molecule has 0 aliphatic heterocycles. The number of pyridine rings is 1. The average Bonchev–Trinajstić information content (AvgIpc) is 2.70. The number of rotatable bonds is 3. The van der Waals surface area contributed by atoms with Crippen LogP contribution >= 0.6 is 0 Å². The van der Waals surface area contributed by atoms with Gasteiger partial charge in [0.1, 0.15) is 17.4 Å². The van der Waals surface area contributed by atoms with E-state index in [4.69, 9.17) is 4.42 Å². The molecule has 0 aliphatic rings. The molecule has 0 bridgehead atoms. The molecule has 4 nitrogen and oxygen atoms in total. The van der Waals surface area contributed by atoms with Crippen molar-refractivity contribution in [2.75, 3.05) is 0 Å². The minimum absolute atomic E-state index is 0.250. The summed E-state index contributed by atoms with van der Waals surface area (Å²) in [5, 5.41) is 9.18. The first-order valence-electron chi connectivity index (χ1n) is 5.54. The van der Waals surface area contributed by atoms with Crippen LogP contribution in [-0.2, 0) is 0 Å². The number of nitrogens with zero attached hydrogens (tertiary/aromatic N) is 2. The average molecular weight is 240 g/mol. The Hall–Kier alpha value is -2.41. The molecule has 18 heavy (non-hydrogen) atoms. The topological polar surface area (TPSA) is 66.9 Å². The summed E-state index contributed by atoms with van der Waals surface area (Å²) in [5.41, 5.74) is 1.06. The number of Topliss-reactive ketones (excluding diaryl/α,β-unsaturated/α-hetero) is 1. The Kier molecular flexibility index (Phi) is 3.24. The number of carbonyl (C=O) groups excluding carboxylic acids is 1. The third-order valence-corrected chi connectivity index (χ3v) is 2.72. The van der Waals surface area contributed by atoms with Crippen molar-refractivity contribution in [2.45, 2.75) is 19.8 Å². The van der Waals surface area contributed by atoms with Gasteiger partial charge in [0, 0.05) is 12.4 Å². The number of nitriles is 1. The van der Waals surface area contributed by atoms with Crippen molar-refractivity contribution < 1.29 is 9.21 Å². The summed E-state index contributed by atoms with van der Waals surface area (Å²) in [6.45, 7) is 3.49. The van der Waals surface area contributed by atoms with E-state index in [1.54, 1.807) is 38.2 Å². The lowest BCUT2D eigenvalue weighted by molar-refractivity contribution is 0.0977. The van der Waals surface area contributed by atoms with Crippen LogP contribution in [0.5, 0.6) is 0 Å². The molecule has 0 saturated heterocycles. The van der Waals surface area contributed by atoms with Crippen molar-refractivity contribution in [3.05, 3.63) is 53.2 Å². The standard InChI is InChI=1S/C14H12N2O2/c1-9-6-12(10(2)18-9)14(17)13(7-15)11-4-3-5-16-8-11/h3-6,8,13H,1-2H3. The second-order valence-electron chi connectivity index (χ2n) is 4.04. The van der Waals surface area contributed by atoms with E-state index >= 15 is 0 Å². The fraction of sp³-hybridized carbons (Fsp3) is 0.214. The van der Waals surface area contributed by atoms with Crippen LogP contribution < -0.4 is 0 Å². The molecule has 0 N–H and O–H groups in total. The first kappa shape index (κ1) is 12.1. The van der Waals surface area contributed by atoms with Crippen LogP contribution in [0.25, 0.3) is 0 Å². The van der Waals surface area contributed by atoms with Gasteiger partial charge in [-0.25, -0.2) is 0 Å². The quantitative estimate of drug-likeness (QED) is 0.773. The molecule has 2 rings (SSSR count). The maximum atomic E-state index is 12.3. The van der Waals surface area contributed by atoms with E-state index in [-0.39, 0.29) is 5.78 Å². The van der Waals surface area contributed by atoms with E-state index in [9.17, 15) is 10.1 Å². The molecule has 2 aromatic rings. The summed E-state index contributed by atoms with van der Waals surface area (Å²) in [4.78, 5) is 16.2. The van der Waals surface area contributed by atoms with Gasteiger partial charge < -0.3 is 4.42 Å². The summed E-state index contributed by atoms with van der Waals surface area (Å²) < 4.78 is 5.32. The van der Waals surface area contributed by atoms with Gasteiger partial charge >= 0.3 is 0 Å². The van der Waals surface area contributed by atoms with Crippen LogP contribution in [0.1, 0.15) is 33.4 Å². The lowest BCUT2D eigenvalue weighted by atomic mass is 9.93. The Morgan fingerprint density at radius 1 is 1.50 bits per heavy atom.